The maximum Gasteiger partial charge on any atom is 0.225 e. The molecule has 1 N–H and O–H groups in total. The Morgan fingerprint density at radius 3 is 2.63 bits per heavy atom. The molecule has 3 saturated heterocycles. The molecule has 1 spiro atoms. The second-order valence-corrected chi connectivity index (χ2v) is 8.83. The van der Waals surface area contributed by atoms with Gasteiger partial charge in [0.15, 0.2) is 0 Å². The van der Waals surface area contributed by atoms with E-state index in [2.05, 4.69) is 34.5 Å². The highest BCUT2D eigenvalue weighted by Gasteiger charge is 2.41. The zero-order valence-electron chi connectivity index (χ0n) is 17.7. The van der Waals surface area contributed by atoms with Gasteiger partial charge in [0, 0.05) is 45.7 Å². The van der Waals surface area contributed by atoms with E-state index in [0.717, 1.165) is 65.0 Å². The van der Waals surface area contributed by atoms with Gasteiger partial charge in [0.1, 0.15) is 0 Å². The zero-order chi connectivity index (χ0) is 20.1. The van der Waals surface area contributed by atoms with Gasteiger partial charge < -0.3 is 19.9 Å². The number of likely N-dealkylation sites (tertiary alicyclic amines) is 2. The van der Waals surface area contributed by atoms with Crippen LogP contribution >= 0.6 is 12.4 Å². The van der Waals surface area contributed by atoms with E-state index in [4.69, 9.17) is 4.74 Å². The minimum atomic E-state index is 0. The number of halogens is 1. The molecule has 4 rings (SSSR count). The standard InChI is InChI=1S/C23H33N3O3.ClH/c27-21-6-8-23(18-26(21)12-7-19-4-2-1-3-5-19)9-13-25(14-10-23)22(28)16-20-17-24-11-15-29-20;/h1-5,20,24H,6-18H2;1H. The maximum absolute atomic E-state index is 12.7. The molecule has 0 bridgehead atoms. The quantitative estimate of drug-likeness (QED) is 0.770. The van der Waals surface area contributed by atoms with Crippen molar-refractivity contribution >= 4 is 24.2 Å². The SMILES string of the molecule is Cl.O=C(CC1CNCCO1)N1CCC2(CCC(=O)N(CCc3ccccc3)C2)CC1. The van der Waals surface area contributed by atoms with Crippen LogP contribution in [0.1, 0.15) is 37.7 Å². The van der Waals surface area contributed by atoms with Crippen LogP contribution in [0, 0.1) is 5.41 Å². The van der Waals surface area contributed by atoms with Crippen LogP contribution < -0.4 is 5.32 Å². The van der Waals surface area contributed by atoms with E-state index in [1.165, 1.54) is 5.56 Å². The van der Waals surface area contributed by atoms with Crippen molar-refractivity contribution in [3.63, 3.8) is 0 Å². The summed E-state index contributed by atoms with van der Waals surface area (Å²) in [6.07, 6.45) is 4.99. The smallest absolute Gasteiger partial charge is 0.225 e. The van der Waals surface area contributed by atoms with Gasteiger partial charge >= 0.3 is 0 Å². The average Bonchev–Trinajstić information content (AvgIpc) is 2.76. The lowest BCUT2D eigenvalue weighted by Gasteiger charge is -2.47. The first-order valence-corrected chi connectivity index (χ1v) is 11.1. The predicted octanol–water partition coefficient (Wildman–Crippen LogP) is 2.26. The van der Waals surface area contributed by atoms with Crippen LogP contribution in [0.4, 0.5) is 0 Å². The van der Waals surface area contributed by atoms with Crippen LogP contribution in [0.25, 0.3) is 0 Å². The predicted molar refractivity (Wildman–Crippen MR) is 119 cm³/mol. The Hall–Kier alpha value is -1.63. The fourth-order valence-corrected chi connectivity index (χ4v) is 4.93. The molecule has 3 aliphatic rings. The van der Waals surface area contributed by atoms with Crippen LogP contribution in [-0.2, 0) is 20.7 Å². The number of nitrogens with one attached hydrogen (secondary N) is 1. The summed E-state index contributed by atoms with van der Waals surface area (Å²) >= 11 is 0. The number of piperidine rings is 2. The van der Waals surface area contributed by atoms with Gasteiger partial charge in [0.25, 0.3) is 0 Å². The van der Waals surface area contributed by atoms with Crippen LogP contribution in [0.3, 0.4) is 0 Å². The minimum absolute atomic E-state index is 0. The third-order valence-corrected chi connectivity index (χ3v) is 6.84. The van der Waals surface area contributed by atoms with Crippen LogP contribution in [0.5, 0.6) is 0 Å². The van der Waals surface area contributed by atoms with Crippen LogP contribution in [-0.4, -0.2) is 73.6 Å². The number of carbonyl (C=O) groups is 2. The second-order valence-electron chi connectivity index (χ2n) is 8.83. The van der Waals surface area contributed by atoms with E-state index in [0.29, 0.717) is 19.4 Å². The average molecular weight is 436 g/mol. The van der Waals surface area contributed by atoms with Crippen LogP contribution in [0.15, 0.2) is 30.3 Å². The zero-order valence-corrected chi connectivity index (χ0v) is 18.5. The van der Waals surface area contributed by atoms with Gasteiger partial charge in [0.05, 0.1) is 19.1 Å². The van der Waals surface area contributed by atoms with Crippen molar-refractivity contribution < 1.29 is 14.3 Å². The van der Waals surface area contributed by atoms with Gasteiger partial charge in [-0.1, -0.05) is 30.3 Å². The van der Waals surface area contributed by atoms with Crippen LogP contribution in [0.2, 0.25) is 0 Å². The normalized spacial score (nSPS) is 23.9. The minimum Gasteiger partial charge on any atom is -0.375 e. The van der Waals surface area contributed by atoms with E-state index in [9.17, 15) is 9.59 Å². The van der Waals surface area contributed by atoms with Crippen molar-refractivity contribution in [3.8, 4) is 0 Å². The van der Waals surface area contributed by atoms with Gasteiger partial charge in [0.2, 0.25) is 11.8 Å². The fourth-order valence-electron chi connectivity index (χ4n) is 4.93. The summed E-state index contributed by atoms with van der Waals surface area (Å²) in [5, 5.41) is 3.29. The lowest BCUT2D eigenvalue weighted by molar-refractivity contribution is -0.143. The number of hydrogen-bond donors (Lipinski definition) is 1. The van der Waals surface area contributed by atoms with E-state index in [-0.39, 0.29) is 35.7 Å². The number of morpholine rings is 1. The summed E-state index contributed by atoms with van der Waals surface area (Å²) in [5.74, 6) is 0.494. The molecular formula is C23H34ClN3O3. The third kappa shape index (κ3) is 5.74. The molecule has 0 aromatic heterocycles. The molecule has 3 aliphatic heterocycles. The molecule has 0 saturated carbocycles. The van der Waals surface area contributed by atoms with Gasteiger partial charge in [-0.25, -0.2) is 0 Å². The summed E-state index contributed by atoms with van der Waals surface area (Å²) in [7, 11) is 0. The Morgan fingerprint density at radius 2 is 1.93 bits per heavy atom. The lowest BCUT2D eigenvalue weighted by atomic mass is 9.72. The van der Waals surface area contributed by atoms with Crippen molar-refractivity contribution in [2.75, 3.05) is 45.9 Å². The molecule has 1 aromatic carbocycles. The number of rotatable bonds is 5. The Kier molecular flexibility index (Phi) is 8.14. The van der Waals surface area contributed by atoms with E-state index in [1.54, 1.807) is 0 Å². The molecule has 0 aliphatic carbocycles. The monoisotopic (exact) mass is 435 g/mol. The van der Waals surface area contributed by atoms with Crippen molar-refractivity contribution in [1.29, 1.82) is 0 Å². The van der Waals surface area contributed by atoms with Gasteiger partial charge in [-0.2, -0.15) is 0 Å². The highest BCUT2D eigenvalue weighted by atomic mass is 35.5. The number of carbonyl (C=O) groups excluding carboxylic acids is 2. The first-order valence-electron chi connectivity index (χ1n) is 11.1. The molecule has 166 valence electrons. The Bertz CT molecular complexity index is 701. The number of benzene rings is 1. The molecule has 1 atom stereocenters. The van der Waals surface area contributed by atoms with E-state index < -0.39 is 0 Å². The second kappa shape index (κ2) is 10.6. The van der Waals surface area contributed by atoms with Crippen molar-refractivity contribution in [1.82, 2.24) is 15.1 Å². The fraction of sp³-hybridized carbons (Fsp3) is 0.652. The largest absolute Gasteiger partial charge is 0.375 e. The van der Waals surface area contributed by atoms with Crippen molar-refractivity contribution in [2.24, 2.45) is 5.41 Å². The lowest BCUT2D eigenvalue weighted by Crippen LogP contribution is -2.53. The molecule has 0 radical (unpaired) electrons. The summed E-state index contributed by atoms with van der Waals surface area (Å²) in [4.78, 5) is 29.2. The molecular weight excluding hydrogens is 402 g/mol. The number of ether oxygens (including phenoxy) is 1. The van der Waals surface area contributed by atoms with E-state index >= 15 is 0 Å². The molecule has 1 aromatic rings. The molecule has 7 heteroatoms. The highest BCUT2D eigenvalue weighted by molar-refractivity contribution is 5.85. The topological polar surface area (TPSA) is 61.9 Å². The molecule has 6 nitrogen and oxygen atoms in total. The first-order chi connectivity index (χ1) is 14.1. The molecule has 2 amide bonds. The van der Waals surface area contributed by atoms with Gasteiger partial charge in [-0.05, 0) is 36.7 Å². The Labute approximate surface area is 185 Å². The summed E-state index contributed by atoms with van der Waals surface area (Å²) < 4.78 is 5.68. The summed E-state index contributed by atoms with van der Waals surface area (Å²) in [6.45, 7) is 5.57. The van der Waals surface area contributed by atoms with Crippen molar-refractivity contribution in [2.45, 2.75) is 44.6 Å². The molecule has 1 unspecified atom stereocenters. The number of hydrogen-bond acceptors (Lipinski definition) is 4. The first kappa shape index (κ1) is 23.0. The van der Waals surface area contributed by atoms with Gasteiger partial charge in [-0.3, -0.25) is 9.59 Å². The maximum atomic E-state index is 12.7. The van der Waals surface area contributed by atoms with Gasteiger partial charge in [-0.15, -0.1) is 12.4 Å². The Morgan fingerprint density at radius 1 is 1.17 bits per heavy atom. The third-order valence-electron chi connectivity index (χ3n) is 6.84. The molecule has 30 heavy (non-hydrogen) atoms. The van der Waals surface area contributed by atoms with Crippen molar-refractivity contribution in [3.05, 3.63) is 35.9 Å². The van der Waals surface area contributed by atoms with E-state index in [1.807, 2.05) is 11.0 Å². The number of nitrogens with zero attached hydrogens (tertiary/aromatic N) is 2. The summed E-state index contributed by atoms with van der Waals surface area (Å²) in [6, 6.07) is 10.4. The molecule has 3 heterocycles. The highest BCUT2D eigenvalue weighted by Crippen LogP contribution is 2.40. The Balaban J connectivity index is 0.00000256. The number of amides is 2. The summed E-state index contributed by atoms with van der Waals surface area (Å²) in [5.41, 5.74) is 1.46. The molecule has 3 fully saturated rings.